The Kier molecular flexibility index (Phi) is 5.64. The zero-order valence-corrected chi connectivity index (χ0v) is 14.8. The maximum absolute atomic E-state index is 12.4. The first-order valence-corrected chi connectivity index (χ1v) is 9.32. The lowest BCUT2D eigenvalue weighted by Gasteiger charge is -2.27. The van der Waals surface area contributed by atoms with Crippen LogP contribution in [0.5, 0.6) is 5.75 Å². The van der Waals surface area contributed by atoms with Gasteiger partial charge >= 0.3 is 0 Å². The van der Waals surface area contributed by atoms with Crippen molar-refractivity contribution >= 4 is 15.9 Å². The van der Waals surface area contributed by atoms with Gasteiger partial charge < -0.3 is 14.4 Å². The lowest BCUT2D eigenvalue weighted by molar-refractivity contribution is 0.112. The van der Waals surface area contributed by atoms with E-state index in [1.165, 1.54) is 0 Å². The van der Waals surface area contributed by atoms with Crippen LogP contribution in [0.3, 0.4) is 0 Å². The molecule has 2 atom stereocenters. The third kappa shape index (κ3) is 3.50. The van der Waals surface area contributed by atoms with Gasteiger partial charge in [0.05, 0.1) is 13.0 Å². The van der Waals surface area contributed by atoms with Crippen molar-refractivity contribution in [1.82, 2.24) is 4.90 Å². The summed E-state index contributed by atoms with van der Waals surface area (Å²) in [6.07, 6.45) is 0. The minimum Gasteiger partial charge on any atom is -0.497 e. The highest BCUT2D eigenvalue weighted by Gasteiger charge is 2.46. The molecule has 1 aromatic carbocycles. The minimum absolute atomic E-state index is 0.317. The van der Waals surface area contributed by atoms with Crippen molar-refractivity contribution in [1.29, 1.82) is 0 Å². The summed E-state index contributed by atoms with van der Waals surface area (Å²) < 4.78 is 39.6. The molecule has 0 N–H and O–H groups in total. The fraction of sp³-hybridized carbons (Fsp3) is 0.562. The molecule has 7 heteroatoms. The predicted octanol–water partition coefficient (Wildman–Crippen LogP) is 2.23. The van der Waals surface area contributed by atoms with Gasteiger partial charge in [0.15, 0.2) is 5.44 Å². The van der Waals surface area contributed by atoms with E-state index in [-0.39, 0.29) is 0 Å². The molecule has 0 saturated heterocycles. The van der Waals surface area contributed by atoms with Crippen LogP contribution in [-0.4, -0.2) is 51.4 Å². The van der Waals surface area contributed by atoms with E-state index in [9.17, 15) is 8.42 Å². The largest absolute Gasteiger partial charge is 0.497 e. The topological polar surface area (TPSA) is 68.2 Å². The minimum atomic E-state index is -3.68. The van der Waals surface area contributed by atoms with Crippen LogP contribution >= 0.6 is 0 Å². The molecular formula is C16H24N2O4S. The molecule has 1 aliphatic heterocycles. The molecule has 0 unspecified atom stereocenters. The van der Waals surface area contributed by atoms with Crippen molar-refractivity contribution in [2.24, 2.45) is 4.40 Å². The second-order valence-corrected chi connectivity index (χ2v) is 6.89. The summed E-state index contributed by atoms with van der Waals surface area (Å²) in [6.45, 7) is 7.45. The summed E-state index contributed by atoms with van der Waals surface area (Å²) in [5.41, 5.74) is -0.118. The maximum atomic E-state index is 12.4. The molecule has 0 aromatic heterocycles. The molecule has 0 spiro atoms. The first kappa shape index (κ1) is 17.7. The third-order valence-corrected chi connectivity index (χ3v) is 5.39. The van der Waals surface area contributed by atoms with E-state index >= 15 is 0 Å². The monoisotopic (exact) mass is 340 g/mol. The van der Waals surface area contributed by atoms with Crippen LogP contribution in [0.4, 0.5) is 0 Å². The summed E-state index contributed by atoms with van der Waals surface area (Å²) in [7, 11) is -2.09. The van der Waals surface area contributed by atoms with E-state index in [0.717, 1.165) is 11.3 Å². The number of hydrogen-bond donors (Lipinski definition) is 0. The number of benzene rings is 1. The second kappa shape index (κ2) is 7.31. The molecule has 128 valence electrons. The molecule has 0 radical (unpaired) electrons. The number of ether oxygens (including phenoxy) is 2. The predicted molar refractivity (Wildman–Crippen MR) is 90.4 cm³/mol. The van der Waals surface area contributed by atoms with E-state index in [2.05, 4.69) is 4.40 Å². The van der Waals surface area contributed by atoms with Crippen LogP contribution in [0, 0.1) is 0 Å². The van der Waals surface area contributed by atoms with Gasteiger partial charge in [0.2, 0.25) is 0 Å². The average molecular weight is 340 g/mol. The smallest absolute Gasteiger partial charge is 0.283 e. The average Bonchev–Trinajstić information content (AvgIpc) is 2.80. The number of hydrogen-bond acceptors (Lipinski definition) is 5. The highest BCUT2D eigenvalue weighted by atomic mass is 32.2. The summed E-state index contributed by atoms with van der Waals surface area (Å²) in [5.74, 6) is 0.855. The number of sulfonamides is 1. The van der Waals surface area contributed by atoms with Crippen molar-refractivity contribution in [3.05, 3.63) is 29.8 Å². The molecule has 1 heterocycles. The van der Waals surface area contributed by atoms with E-state index in [1.807, 2.05) is 43.0 Å². The van der Waals surface area contributed by atoms with Crippen LogP contribution in [-0.2, 0) is 14.8 Å². The number of methoxy groups -OCH3 is 1. The van der Waals surface area contributed by atoms with Crippen molar-refractivity contribution in [2.45, 2.75) is 32.1 Å². The Morgan fingerprint density at radius 1 is 1.13 bits per heavy atom. The van der Waals surface area contributed by atoms with Gasteiger partial charge in [-0.25, -0.2) is 8.42 Å². The molecular weight excluding hydrogens is 316 g/mol. The van der Waals surface area contributed by atoms with Gasteiger partial charge in [0.25, 0.3) is 10.0 Å². The van der Waals surface area contributed by atoms with Gasteiger partial charge in [-0.05, 0) is 38.5 Å². The normalized spacial score (nSPS) is 22.7. The summed E-state index contributed by atoms with van der Waals surface area (Å²) >= 11 is 0. The van der Waals surface area contributed by atoms with Gasteiger partial charge in [0.1, 0.15) is 11.6 Å². The van der Waals surface area contributed by atoms with Crippen LogP contribution in [0.2, 0.25) is 0 Å². The van der Waals surface area contributed by atoms with Gasteiger partial charge in [0, 0.05) is 19.7 Å². The number of nitrogens with zero attached hydrogens (tertiary/aromatic N) is 2. The molecule has 1 aliphatic rings. The Hall–Kier alpha value is -1.60. The molecule has 6 nitrogen and oxygen atoms in total. The Bertz CT molecular complexity index is 651. The van der Waals surface area contributed by atoms with Crippen molar-refractivity contribution < 1.29 is 17.9 Å². The third-order valence-electron chi connectivity index (χ3n) is 3.96. The lowest BCUT2D eigenvalue weighted by Crippen LogP contribution is -2.37. The van der Waals surface area contributed by atoms with E-state index in [1.54, 1.807) is 14.0 Å². The Balaban J connectivity index is 2.49. The van der Waals surface area contributed by atoms with Gasteiger partial charge in [-0.1, -0.05) is 12.1 Å². The number of likely N-dealkylation sites (N-methyl/N-ethyl adjacent to an activating group) is 1. The molecule has 0 bridgehead atoms. The fourth-order valence-corrected chi connectivity index (χ4v) is 4.32. The summed E-state index contributed by atoms with van der Waals surface area (Å²) in [5, 5.41) is 0. The zero-order valence-electron chi connectivity index (χ0n) is 14.0. The van der Waals surface area contributed by atoms with E-state index in [0.29, 0.717) is 25.5 Å². The van der Waals surface area contributed by atoms with Crippen molar-refractivity contribution in [3.8, 4) is 5.75 Å². The Morgan fingerprint density at radius 3 is 2.22 bits per heavy atom. The molecule has 0 amide bonds. The SMILES string of the molecule is CCO[C@@H]1[C@H](c2ccc(OC)cc2)C(N(CC)CC)=NS1(=O)=O. The van der Waals surface area contributed by atoms with Crippen molar-refractivity contribution in [3.63, 3.8) is 0 Å². The standard InChI is InChI=1S/C16H24N2O4S/c1-5-18(6-2)15-14(12-8-10-13(21-4)11-9-12)16(22-7-3)23(19,20)17-15/h8-11,14,16H,5-7H2,1-4H3/t14-,16+/m1/s1. The van der Waals surface area contributed by atoms with Gasteiger partial charge in [-0.3, -0.25) is 0 Å². The first-order chi connectivity index (χ1) is 11.0. The second-order valence-electron chi connectivity index (χ2n) is 5.21. The van der Waals surface area contributed by atoms with Gasteiger partial charge in [-0.2, -0.15) is 0 Å². The highest BCUT2D eigenvalue weighted by Crippen LogP contribution is 2.36. The van der Waals surface area contributed by atoms with Crippen LogP contribution in [0.25, 0.3) is 0 Å². The molecule has 2 rings (SSSR count). The molecule has 0 fully saturated rings. The number of rotatable bonds is 6. The Morgan fingerprint density at radius 2 is 1.74 bits per heavy atom. The van der Waals surface area contributed by atoms with Crippen molar-refractivity contribution in [2.75, 3.05) is 26.8 Å². The molecule has 0 saturated carbocycles. The van der Waals surface area contributed by atoms with E-state index < -0.39 is 21.4 Å². The lowest BCUT2D eigenvalue weighted by atomic mass is 9.97. The molecule has 1 aromatic rings. The van der Waals surface area contributed by atoms with E-state index in [4.69, 9.17) is 9.47 Å². The first-order valence-electron chi connectivity index (χ1n) is 7.82. The highest BCUT2D eigenvalue weighted by molar-refractivity contribution is 7.91. The summed E-state index contributed by atoms with van der Waals surface area (Å²) in [4.78, 5) is 1.96. The number of amidine groups is 1. The quantitative estimate of drug-likeness (QED) is 0.794. The van der Waals surface area contributed by atoms with Crippen LogP contribution < -0.4 is 4.74 Å². The van der Waals surface area contributed by atoms with Crippen LogP contribution in [0.1, 0.15) is 32.3 Å². The van der Waals surface area contributed by atoms with Gasteiger partial charge in [-0.15, -0.1) is 4.40 Å². The fourth-order valence-electron chi connectivity index (χ4n) is 2.80. The summed E-state index contributed by atoms with van der Waals surface area (Å²) in [6, 6.07) is 7.39. The van der Waals surface area contributed by atoms with Crippen LogP contribution in [0.15, 0.2) is 28.7 Å². The maximum Gasteiger partial charge on any atom is 0.283 e. The molecule has 23 heavy (non-hydrogen) atoms. The molecule has 0 aliphatic carbocycles. The zero-order chi connectivity index (χ0) is 17.0. The Labute approximate surface area is 138 Å².